The first-order chi connectivity index (χ1) is 17.3. The Bertz CT molecular complexity index is 1180. The van der Waals surface area contributed by atoms with E-state index in [9.17, 15) is 31.1 Å². The third kappa shape index (κ3) is 7.36. The summed E-state index contributed by atoms with van der Waals surface area (Å²) in [5, 5.41) is 9.53. The highest BCUT2D eigenvalue weighted by molar-refractivity contribution is 5.75. The van der Waals surface area contributed by atoms with Crippen molar-refractivity contribution in [3.8, 4) is 22.9 Å². The number of nitrogens with one attached hydrogen (secondary N) is 3. The van der Waals surface area contributed by atoms with Gasteiger partial charge in [-0.1, -0.05) is 0 Å². The maximum absolute atomic E-state index is 13.4. The number of aromatic nitrogens is 3. The average Bonchev–Trinajstić information content (AvgIpc) is 2.85. The van der Waals surface area contributed by atoms with Gasteiger partial charge in [-0.2, -0.15) is 22.0 Å². The molecule has 0 aromatic carbocycles. The molecule has 0 saturated carbocycles. The molecule has 9 nitrogen and oxygen atoms in total. The lowest BCUT2D eigenvalue weighted by Gasteiger charge is -2.31. The number of hydrogen-bond donors (Lipinski definition) is 3. The summed E-state index contributed by atoms with van der Waals surface area (Å²) in [7, 11) is 2.72. The summed E-state index contributed by atoms with van der Waals surface area (Å²) in [5.74, 6) is -1.69. The lowest BCUT2D eigenvalue weighted by atomic mass is 10.1. The number of carbonyl (C=O) groups excluding carboxylic acids is 1. The number of allylic oxidation sites excluding steroid dienone is 1. The summed E-state index contributed by atoms with van der Waals surface area (Å²) in [5.41, 5.74) is 0.889. The van der Waals surface area contributed by atoms with E-state index in [2.05, 4.69) is 15.0 Å². The number of nitrogens with zero attached hydrogens (tertiary/aromatic N) is 3. The zero-order valence-corrected chi connectivity index (χ0v) is 20.3. The number of halogens is 6. The summed E-state index contributed by atoms with van der Waals surface area (Å²) in [6.45, 7) is 3.01. The van der Waals surface area contributed by atoms with Gasteiger partial charge in [0.25, 0.3) is 5.88 Å². The fraction of sp³-hybridized carbons (Fsp3) is 0.455. The van der Waals surface area contributed by atoms with Crippen molar-refractivity contribution >= 4 is 6.03 Å². The molecule has 2 aromatic heterocycles. The van der Waals surface area contributed by atoms with Gasteiger partial charge in [-0.05, 0) is 26.3 Å². The summed E-state index contributed by atoms with van der Waals surface area (Å²) < 4.78 is 88.3. The van der Waals surface area contributed by atoms with Crippen LogP contribution in [0.2, 0.25) is 0 Å². The van der Waals surface area contributed by atoms with Gasteiger partial charge in [0.05, 0.1) is 37.8 Å². The van der Waals surface area contributed by atoms with Gasteiger partial charge < -0.3 is 24.7 Å². The Morgan fingerprint density at radius 3 is 2.46 bits per heavy atom. The van der Waals surface area contributed by atoms with Gasteiger partial charge in [0.15, 0.2) is 11.3 Å². The standard InChI is InChI=1S/C22H26F6N6O3/c1-5-34(21(35)33-17(22(26,27)28)7-6-13(23)18(24)25)11(2)14-8-12(16(36-3)10-30-14)15-9-31-19(29)20(32-15)37-4/h8-11,17H,5-7H2,1-4H3,(H2,29,31)(H,33,35)/t11-,17+/m1/s1. The minimum Gasteiger partial charge on any atom is -0.494 e. The second-order valence-corrected chi connectivity index (χ2v) is 7.69. The lowest BCUT2D eigenvalue weighted by Crippen LogP contribution is -2.51. The first kappa shape index (κ1) is 29.5. The number of urea groups is 1. The minimum atomic E-state index is -5.00. The van der Waals surface area contributed by atoms with Crippen molar-refractivity contribution in [2.24, 2.45) is 0 Å². The van der Waals surface area contributed by atoms with Crippen LogP contribution in [0.15, 0.2) is 30.4 Å². The Kier molecular flexibility index (Phi) is 9.91. The molecule has 0 spiro atoms. The van der Waals surface area contributed by atoms with Crippen LogP contribution in [0.1, 0.15) is 38.4 Å². The van der Waals surface area contributed by atoms with E-state index in [1.165, 1.54) is 46.5 Å². The van der Waals surface area contributed by atoms with Crippen LogP contribution in [0.3, 0.4) is 0 Å². The SMILES string of the molecule is CCN(C(=O)N[C@@H](CCC(F)=C(F)F)C(F)(F)F)[C@H](C)c1cc(-c2c[nH]c(=N)c(OC)n2)c(OC)cn1. The zero-order chi connectivity index (χ0) is 27.9. The number of rotatable bonds is 10. The van der Waals surface area contributed by atoms with Crippen molar-refractivity contribution in [1.29, 1.82) is 5.41 Å². The number of alkyl halides is 3. The van der Waals surface area contributed by atoms with Crippen LogP contribution in [-0.2, 0) is 0 Å². The van der Waals surface area contributed by atoms with E-state index in [1.54, 1.807) is 5.32 Å². The molecule has 37 heavy (non-hydrogen) atoms. The molecule has 0 aliphatic rings. The third-order valence-electron chi connectivity index (χ3n) is 5.41. The molecule has 3 N–H and O–H groups in total. The van der Waals surface area contributed by atoms with Crippen LogP contribution in [-0.4, -0.2) is 58.9 Å². The van der Waals surface area contributed by atoms with E-state index in [-0.39, 0.29) is 29.4 Å². The van der Waals surface area contributed by atoms with Crippen molar-refractivity contribution in [2.75, 3.05) is 20.8 Å². The molecule has 2 amide bonds. The zero-order valence-electron chi connectivity index (χ0n) is 20.3. The largest absolute Gasteiger partial charge is 0.494 e. The van der Waals surface area contributed by atoms with Crippen molar-refractivity contribution in [3.63, 3.8) is 0 Å². The van der Waals surface area contributed by atoms with Gasteiger partial charge in [0, 0.05) is 24.7 Å². The van der Waals surface area contributed by atoms with E-state index >= 15 is 0 Å². The van der Waals surface area contributed by atoms with Crippen LogP contribution in [0.4, 0.5) is 31.1 Å². The second kappa shape index (κ2) is 12.5. The molecule has 2 rings (SSSR count). The molecular weight excluding hydrogens is 510 g/mol. The number of hydrogen-bond acceptors (Lipinski definition) is 6. The maximum Gasteiger partial charge on any atom is 0.408 e. The summed E-state index contributed by atoms with van der Waals surface area (Å²) in [4.78, 5) is 25.0. The summed E-state index contributed by atoms with van der Waals surface area (Å²) in [6.07, 6.45) is -7.24. The van der Waals surface area contributed by atoms with Gasteiger partial charge in [0.2, 0.25) is 0 Å². The molecule has 2 aromatic rings. The molecule has 0 saturated heterocycles. The summed E-state index contributed by atoms with van der Waals surface area (Å²) in [6, 6.07) is -3.04. The molecule has 204 valence electrons. The van der Waals surface area contributed by atoms with E-state index in [0.717, 1.165) is 4.90 Å². The average molecular weight is 536 g/mol. The van der Waals surface area contributed by atoms with E-state index in [4.69, 9.17) is 14.9 Å². The lowest BCUT2D eigenvalue weighted by molar-refractivity contribution is -0.155. The molecule has 0 unspecified atom stereocenters. The number of pyridine rings is 1. The van der Waals surface area contributed by atoms with E-state index in [1.807, 2.05) is 0 Å². The molecule has 0 radical (unpaired) electrons. The quantitative estimate of drug-likeness (QED) is 0.376. The smallest absolute Gasteiger partial charge is 0.408 e. The first-order valence-corrected chi connectivity index (χ1v) is 10.9. The van der Waals surface area contributed by atoms with Crippen LogP contribution in [0.5, 0.6) is 11.6 Å². The van der Waals surface area contributed by atoms with Gasteiger partial charge in [0.1, 0.15) is 11.8 Å². The monoisotopic (exact) mass is 536 g/mol. The molecule has 15 heteroatoms. The van der Waals surface area contributed by atoms with Gasteiger partial charge in [-0.15, -0.1) is 0 Å². The maximum atomic E-state index is 13.4. The van der Waals surface area contributed by atoms with E-state index in [0.29, 0.717) is 11.3 Å². The van der Waals surface area contributed by atoms with Gasteiger partial charge in [-0.25, -0.2) is 14.2 Å². The Balaban J connectivity index is 2.35. The van der Waals surface area contributed by atoms with Crippen LogP contribution in [0.25, 0.3) is 11.3 Å². The summed E-state index contributed by atoms with van der Waals surface area (Å²) >= 11 is 0. The van der Waals surface area contributed by atoms with Gasteiger partial charge >= 0.3 is 18.3 Å². The topological polar surface area (TPSA) is 116 Å². The molecule has 0 aliphatic heterocycles. The van der Waals surface area contributed by atoms with Crippen LogP contribution >= 0.6 is 0 Å². The van der Waals surface area contributed by atoms with Crippen molar-refractivity contribution < 1.29 is 40.6 Å². The Morgan fingerprint density at radius 1 is 1.24 bits per heavy atom. The number of methoxy groups -OCH3 is 2. The fourth-order valence-corrected chi connectivity index (χ4v) is 3.40. The molecule has 2 atom stereocenters. The number of amides is 2. The van der Waals surface area contributed by atoms with Crippen LogP contribution < -0.4 is 20.3 Å². The van der Waals surface area contributed by atoms with Crippen molar-refractivity contribution in [2.45, 2.75) is 44.9 Å². The Labute approximate surface area is 208 Å². The molecule has 0 aliphatic carbocycles. The first-order valence-electron chi connectivity index (χ1n) is 10.9. The number of carbonyl (C=O) groups is 1. The van der Waals surface area contributed by atoms with Crippen molar-refractivity contribution in [1.82, 2.24) is 25.2 Å². The third-order valence-corrected chi connectivity index (χ3v) is 5.41. The second-order valence-electron chi connectivity index (χ2n) is 7.69. The number of ether oxygens (including phenoxy) is 2. The van der Waals surface area contributed by atoms with Crippen molar-refractivity contribution in [3.05, 3.63) is 41.5 Å². The predicted molar refractivity (Wildman–Crippen MR) is 120 cm³/mol. The molecule has 0 fully saturated rings. The fourth-order valence-electron chi connectivity index (χ4n) is 3.40. The number of H-pyrrole nitrogens is 1. The predicted octanol–water partition coefficient (Wildman–Crippen LogP) is 4.85. The Morgan fingerprint density at radius 2 is 1.92 bits per heavy atom. The van der Waals surface area contributed by atoms with Gasteiger partial charge in [-0.3, -0.25) is 10.4 Å². The minimum absolute atomic E-state index is 0.00218. The van der Waals surface area contributed by atoms with E-state index < -0.39 is 49.0 Å². The molecule has 0 bridgehead atoms. The highest BCUT2D eigenvalue weighted by Gasteiger charge is 2.41. The highest BCUT2D eigenvalue weighted by atomic mass is 19.4. The number of aromatic amines is 1. The molecule has 2 heterocycles. The van der Waals surface area contributed by atoms with Crippen LogP contribution in [0, 0.1) is 5.41 Å². The molecular formula is C22H26F6N6O3. The normalized spacial score (nSPS) is 12.9. The highest BCUT2D eigenvalue weighted by Crippen LogP contribution is 2.32. The Hall–Kier alpha value is -3.78.